The Morgan fingerprint density at radius 3 is 2.87 bits per heavy atom. The van der Waals surface area contributed by atoms with Crippen LogP contribution in [0.4, 0.5) is 5.82 Å². The quantitative estimate of drug-likeness (QED) is 0.690. The van der Waals surface area contributed by atoms with E-state index in [1.165, 1.54) is 5.56 Å². The number of hydrogen-bond donors (Lipinski definition) is 0. The summed E-state index contributed by atoms with van der Waals surface area (Å²) in [6, 6.07) is 0. The Labute approximate surface area is 91.5 Å². The monoisotopic (exact) mass is 200 g/mol. The van der Waals surface area contributed by atoms with Gasteiger partial charge in [-0.2, -0.15) is 0 Å². The standard InChI is InChI=1S/C11H15BN3/c1-12-7-10-13-9-6-4-5-8(9)11(14-10)15(2)3/h4,6H,5,7H2,1-3H3. The number of hydrogen-bond acceptors (Lipinski definition) is 3. The van der Waals surface area contributed by atoms with E-state index in [0.29, 0.717) is 0 Å². The fourth-order valence-electron chi connectivity index (χ4n) is 1.80. The summed E-state index contributed by atoms with van der Waals surface area (Å²) in [6.07, 6.45) is 6.02. The molecule has 0 spiro atoms. The van der Waals surface area contributed by atoms with Crippen LogP contribution in [0.3, 0.4) is 0 Å². The van der Waals surface area contributed by atoms with Crippen LogP contribution in [0.15, 0.2) is 6.08 Å². The highest BCUT2D eigenvalue weighted by Crippen LogP contribution is 2.25. The zero-order valence-corrected chi connectivity index (χ0v) is 9.49. The summed E-state index contributed by atoms with van der Waals surface area (Å²) in [4.78, 5) is 11.2. The summed E-state index contributed by atoms with van der Waals surface area (Å²) < 4.78 is 0. The molecule has 0 saturated heterocycles. The molecule has 0 saturated carbocycles. The van der Waals surface area contributed by atoms with E-state index in [-0.39, 0.29) is 0 Å². The molecule has 0 amide bonds. The number of aromatic nitrogens is 2. The lowest BCUT2D eigenvalue weighted by Gasteiger charge is -2.16. The maximum absolute atomic E-state index is 4.58. The molecule has 0 aliphatic heterocycles. The van der Waals surface area contributed by atoms with Crippen molar-refractivity contribution in [3.05, 3.63) is 23.2 Å². The van der Waals surface area contributed by atoms with Crippen LogP contribution in [0, 0.1) is 0 Å². The normalized spacial score (nSPS) is 12.7. The van der Waals surface area contributed by atoms with Crippen LogP contribution in [0.1, 0.15) is 17.1 Å². The summed E-state index contributed by atoms with van der Waals surface area (Å²) in [7, 11) is 6.14. The van der Waals surface area contributed by atoms with Gasteiger partial charge in [0.2, 0.25) is 0 Å². The zero-order valence-electron chi connectivity index (χ0n) is 9.49. The van der Waals surface area contributed by atoms with Crippen LogP contribution in [0.2, 0.25) is 6.82 Å². The molecule has 2 rings (SSSR count). The number of nitrogens with zero attached hydrogens (tertiary/aromatic N) is 3. The highest BCUT2D eigenvalue weighted by Gasteiger charge is 2.16. The van der Waals surface area contributed by atoms with E-state index in [0.717, 1.165) is 30.1 Å². The SMILES string of the molecule is C[B]Cc1nc2c(c(N(C)C)n1)CC=C2. The maximum atomic E-state index is 4.58. The van der Waals surface area contributed by atoms with Crippen molar-refractivity contribution in [1.29, 1.82) is 0 Å². The first-order chi connectivity index (χ1) is 7.22. The van der Waals surface area contributed by atoms with E-state index in [9.17, 15) is 0 Å². The number of allylic oxidation sites excluding steroid dienone is 1. The van der Waals surface area contributed by atoms with E-state index in [1.807, 2.05) is 20.9 Å². The third-order valence-corrected chi connectivity index (χ3v) is 2.47. The van der Waals surface area contributed by atoms with Gasteiger partial charge in [0.15, 0.2) is 0 Å². The Morgan fingerprint density at radius 1 is 1.40 bits per heavy atom. The van der Waals surface area contributed by atoms with Crippen LogP contribution < -0.4 is 4.90 Å². The minimum atomic E-state index is 0.835. The lowest BCUT2D eigenvalue weighted by Crippen LogP contribution is -2.16. The summed E-state index contributed by atoms with van der Waals surface area (Å²) in [5.74, 6) is 1.97. The average molecular weight is 200 g/mol. The topological polar surface area (TPSA) is 29.0 Å². The molecule has 0 N–H and O–H groups in total. The van der Waals surface area contributed by atoms with Gasteiger partial charge >= 0.3 is 0 Å². The van der Waals surface area contributed by atoms with Crippen molar-refractivity contribution in [2.24, 2.45) is 0 Å². The van der Waals surface area contributed by atoms with Gasteiger partial charge in [-0.05, 0) is 18.8 Å². The van der Waals surface area contributed by atoms with E-state index in [4.69, 9.17) is 0 Å². The number of anilines is 1. The third kappa shape index (κ3) is 1.89. The predicted molar refractivity (Wildman–Crippen MR) is 64.4 cm³/mol. The highest BCUT2D eigenvalue weighted by atomic mass is 15.2. The smallest absolute Gasteiger partial charge is 0.135 e. The number of rotatable bonds is 3. The lowest BCUT2D eigenvalue weighted by molar-refractivity contribution is 0.943. The molecule has 1 aliphatic rings. The van der Waals surface area contributed by atoms with E-state index in [1.54, 1.807) is 0 Å². The van der Waals surface area contributed by atoms with Crippen molar-refractivity contribution >= 4 is 19.2 Å². The average Bonchev–Trinajstić information content (AvgIpc) is 2.64. The van der Waals surface area contributed by atoms with Gasteiger partial charge in [0.25, 0.3) is 0 Å². The molecule has 0 aromatic carbocycles. The van der Waals surface area contributed by atoms with Crippen LogP contribution in [0.25, 0.3) is 6.08 Å². The minimum absolute atomic E-state index is 0.835. The first-order valence-corrected chi connectivity index (χ1v) is 5.24. The first kappa shape index (κ1) is 10.2. The summed E-state index contributed by atoms with van der Waals surface area (Å²) in [5, 5.41) is 0. The predicted octanol–water partition coefficient (Wildman–Crippen LogP) is 1.36. The summed E-state index contributed by atoms with van der Waals surface area (Å²) in [5.41, 5.74) is 2.34. The van der Waals surface area contributed by atoms with E-state index in [2.05, 4.69) is 34.3 Å². The highest BCUT2D eigenvalue weighted by molar-refractivity contribution is 6.32. The largest absolute Gasteiger partial charge is 0.362 e. The van der Waals surface area contributed by atoms with Gasteiger partial charge < -0.3 is 4.90 Å². The number of fused-ring (bicyclic) bond motifs is 1. The Bertz CT molecular complexity index is 399. The van der Waals surface area contributed by atoms with Gasteiger partial charge in [0.05, 0.1) is 5.69 Å². The van der Waals surface area contributed by atoms with Crippen LogP contribution in [-0.4, -0.2) is 31.3 Å². The Hall–Kier alpha value is -1.32. The molecule has 77 valence electrons. The molecule has 4 heteroatoms. The molecule has 1 aromatic heterocycles. The second-order valence-electron chi connectivity index (χ2n) is 3.94. The third-order valence-electron chi connectivity index (χ3n) is 2.47. The maximum Gasteiger partial charge on any atom is 0.135 e. The molecule has 1 aromatic rings. The van der Waals surface area contributed by atoms with Gasteiger partial charge in [0, 0.05) is 19.7 Å². The minimum Gasteiger partial charge on any atom is -0.362 e. The van der Waals surface area contributed by atoms with Crippen molar-refractivity contribution < 1.29 is 0 Å². The molecule has 3 nitrogen and oxygen atoms in total. The molecule has 1 radical (unpaired) electrons. The van der Waals surface area contributed by atoms with Gasteiger partial charge in [-0.15, -0.1) is 0 Å². The van der Waals surface area contributed by atoms with Gasteiger partial charge in [0.1, 0.15) is 18.9 Å². The van der Waals surface area contributed by atoms with Gasteiger partial charge in [-0.1, -0.05) is 12.9 Å². The van der Waals surface area contributed by atoms with E-state index >= 15 is 0 Å². The van der Waals surface area contributed by atoms with Crippen molar-refractivity contribution in [3.63, 3.8) is 0 Å². The van der Waals surface area contributed by atoms with E-state index < -0.39 is 0 Å². The second kappa shape index (κ2) is 4.05. The fraction of sp³-hybridized carbons (Fsp3) is 0.455. The molecule has 0 fully saturated rings. The molecule has 0 unspecified atom stereocenters. The second-order valence-corrected chi connectivity index (χ2v) is 3.94. The molecule has 0 bridgehead atoms. The molecule has 1 heterocycles. The summed E-state index contributed by atoms with van der Waals surface area (Å²) >= 11 is 0. The van der Waals surface area contributed by atoms with Crippen molar-refractivity contribution in [1.82, 2.24) is 9.97 Å². The van der Waals surface area contributed by atoms with Crippen molar-refractivity contribution in [3.8, 4) is 0 Å². The lowest BCUT2D eigenvalue weighted by atomic mass is 9.78. The molecule has 15 heavy (non-hydrogen) atoms. The van der Waals surface area contributed by atoms with Gasteiger partial charge in [-0.3, -0.25) is 0 Å². The molecule has 1 aliphatic carbocycles. The molecular weight excluding hydrogens is 185 g/mol. The van der Waals surface area contributed by atoms with Crippen molar-refractivity contribution in [2.75, 3.05) is 19.0 Å². The Morgan fingerprint density at radius 2 is 2.20 bits per heavy atom. The van der Waals surface area contributed by atoms with Crippen molar-refractivity contribution in [2.45, 2.75) is 19.6 Å². The summed E-state index contributed by atoms with van der Waals surface area (Å²) in [6.45, 7) is 2.03. The van der Waals surface area contributed by atoms with Gasteiger partial charge in [-0.25, -0.2) is 9.97 Å². The zero-order chi connectivity index (χ0) is 10.8. The molecule has 0 atom stereocenters. The fourth-order valence-corrected chi connectivity index (χ4v) is 1.80. The van der Waals surface area contributed by atoms with Crippen LogP contribution in [-0.2, 0) is 12.7 Å². The Kier molecular flexibility index (Phi) is 2.76. The van der Waals surface area contributed by atoms with Crippen LogP contribution >= 0.6 is 0 Å². The first-order valence-electron chi connectivity index (χ1n) is 5.24. The Balaban J connectivity index is 2.46. The van der Waals surface area contributed by atoms with Crippen LogP contribution in [0.5, 0.6) is 0 Å². The molecular formula is C11H15BN3.